The molecule has 0 rings (SSSR count). The summed E-state index contributed by atoms with van der Waals surface area (Å²) in [7, 11) is 3.68. The van der Waals surface area contributed by atoms with Gasteiger partial charge in [0.05, 0.1) is 5.68 Å². The van der Waals surface area contributed by atoms with Crippen molar-refractivity contribution in [1.82, 2.24) is 0 Å². The van der Waals surface area contributed by atoms with Gasteiger partial charge in [-0.3, -0.25) is 0 Å². The smallest absolute Gasteiger partial charge is 0.186 e. The van der Waals surface area contributed by atoms with Gasteiger partial charge >= 0.3 is 0 Å². The van der Waals surface area contributed by atoms with Crippen LogP contribution in [0.4, 0.5) is 0 Å². The van der Waals surface area contributed by atoms with E-state index in [4.69, 9.17) is 0 Å². The highest BCUT2D eigenvalue weighted by Crippen LogP contribution is 2.27. The molecular formula is C9H18B2O. The molecule has 0 saturated heterocycles. The fourth-order valence-corrected chi connectivity index (χ4v) is 0.898. The molecule has 0 N–H and O–H groups in total. The average Bonchev–Trinajstić information content (AvgIpc) is 1.85. The highest BCUT2D eigenvalue weighted by molar-refractivity contribution is 6.64. The normalized spacial score (nSPS) is 14.9. The van der Waals surface area contributed by atoms with Crippen molar-refractivity contribution in [2.75, 3.05) is 0 Å². The van der Waals surface area contributed by atoms with Gasteiger partial charge in [-0.25, -0.2) is 0 Å². The quantitative estimate of drug-likeness (QED) is 0.441. The molecule has 0 bridgehead atoms. The standard InChI is InChI=1S/C9H18B2O/c1-7(2)5-4-6-9(3,11)8(10)12/h5H,4,6,10-11H2,1-3H3. The van der Waals surface area contributed by atoms with Gasteiger partial charge in [-0.1, -0.05) is 18.6 Å². The lowest BCUT2D eigenvalue weighted by molar-refractivity contribution is -0.114. The first-order valence-corrected chi connectivity index (χ1v) is 4.50. The van der Waals surface area contributed by atoms with Crippen molar-refractivity contribution in [1.29, 1.82) is 0 Å². The number of hydrogen-bond donors (Lipinski definition) is 0. The fourth-order valence-electron chi connectivity index (χ4n) is 0.898. The van der Waals surface area contributed by atoms with Crippen molar-refractivity contribution < 1.29 is 4.79 Å². The summed E-state index contributed by atoms with van der Waals surface area (Å²) < 4.78 is 0. The fraction of sp³-hybridized carbons (Fsp3) is 0.667. The molecule has 0 aromatic carbocycles. The summed E-state index contributed by atoms with van der Waals surface area (Å²) in [5, 5.41) is -0.147. The summed E-state index contributed by atoms with van der Waals surface area (Å²) in [6, 6.07) is 0. The Morgan fingerprint density at radius 3 is 2.33 bits per heavy atom. The third kappa shape index (κ3) is 4.42. The molecule has 12 heavy (non-hydrogen) atoms. The molecular weight excluding hydrogens is 146 g/mol. The van der Waals surface area contributed by atoms with Crippen LogP contribution in [0.3, 0.4) is 0 Å². The maximum absolute atomic E-state index is 11.1. The van der Waals surface area contributed by atoms with Gasteiger partial charge < -0.3 is 4.79 Å². The van der Waals surface area contributed by atoms with E-state index < -0.39 is 0 Å². The van der Waals surface area contributed by atoms with E-state index in [9.17, 15) is 4.79 Å². The van der Waals surface area contributed by atoms with Gasteiger partial charge in [-0.2, -0.15) is 0 Å². The van der Waals surface area contributed by atoms with Crippen LogP contribution in [0.2, 0.25) is 5.31 Å². The van der Waals surface area contributed by atoms with Crippen LogP contribution in [0, 0.1) is 0 Å². The van der Waals surface area contributed by atoms with Crippen molar-refractivity contribution in [3.63, 3.8) is 0 Å². The zero-order valence-electron chi connectivity index (χ0n) is 8.90. The van der Waals surface area contributed by atoms with Crippen LogP contribution in [-0.2, 0) is 4.79 Å². The van der Waals surface area contributed by atoms with Crippen LogP contribution in [-0.4, -0.2) is 21.4 Å². The van der Waals surface area contributed by atoms with Crippen LogP contribution >= 0.6 is 0 Å². The first-order chi connectivity index (χ1) is 5.36. The molecule has 1 unspecified atom stereocenters. The summed E-state index contributed by atoms with van der Waals surface area (Å²) in [6.07, 6.45) is 4.15. The summed E-state index contributed by atoms with van der Waals surface area (Å²) in [4.78, 5) is 11.1. The molecule has 0 amide bonds. The Kier molecular flexibility index (Phi) is 4.36. The van der Waals surface area contributed by atoms with E-state index in [-0.39, 0.29) is 11.0 Å². The highest BCUT2D eigenvalue weighted by Gasteiger charge is 2.21. The Balaban J connectivity index is 3.93. The Morgan fingerprint density at radius 1 is 1.50 bits per heavy atom. The maximum Gasteiger partial charge on any atom is 0.186 e. The van der Waals surface area contributed by atoms with Crippen molar-refractivity contribution in [2.24, 2.45) is 0 Å². The lowest BCUT2D eigenvalue weighted by Crippen LogP contribution is -2.20. The third-order valence-corrected chi connectivity index (χ3v) is 2.27. The number of carbonyl (C=O) groups excluding carboxylic acids is 1. The molecule has 3 heteroatoms. The summed E-state index contributed by atoms with van der Waals surface area (Å²) >= 11 is 0. The van der Waals surface area contributed by atoms with Crippen molar-refractivity contribution in [2.45, 2.75) is 38.9 Å². The monoisotopic (exact) mass is 164 g/mol. The first-order valence-electron chi connectivity index (χ1n) is 4.50. The lowest BCUT2D eigenvalue weighted by atomic mass is 9.59. The SMILES string of the molecule is BC(=O)C(B)(C)CCC=C(C)C. The minimum Gasteiger partial charge on any atom is -0.312 e. The van der Waals surface area contributed by atoms with Crippen molar-refractivity contribution in [3.8, 4) is 0 Å². The number of hydrogen-bond acceptors (Lipinski definition) is 1. The van der Waals surface area contributed by atoms with Gasteiger partial charge in [0.1, 0.15) is 7.85 Å². The Morgan fingerprint density at radius 2 is 2.00 bits per heavy atom. The Hall–Kier alpha value is -0.460. The van der Waals surface area contributed by atoms with Gasteiger partial charge in [-0.15, -0.1) is 0 Å². The van der Waals surface area contributed by atoms with E-state index in [2.05, 4.69) is 19.9 Å². The van der Waals surface area contributed by atoms with E-state index >= 15 is 0 Å². The van der Waals surface area contributed by atoms with Crippen LogP contribution in [0.15, 0.2) is 11.6 Å². The highest BCUT2D eigenvalue weighted by atomic mass is 16.1. The van der Waals surface area contributed by atoms with E-state index in [0.29, 0.717) is 0 Å². The van der Waals surface area contributed by atoms with Gasteiger partial charge in [-0.05, 0) is 32.0 Å². The third-order valence-electron chi connectivity index (χ3n) is 2.27. The molecule has 0 radical (unpaired) electrons. The predicted molar refractivity (Wildman–Crippen MR) is 59.1 cm³/mol. The van der Waals surface area contributed by atoms with Crippen LogP contribution in [0.5, 0.6) is 0 Å². The maximum atomic E-state index is 11.1. The van der Waals surface area contributed by atoms with E-state index in [1.54, 1.807) is 7.85 Å². The molecule has 0 aromatic rings. The molecule has 0 aliphatic heterocycles. The molecule has 0 aromatic heterocycles. The molecule has 0 aliphatic rings. The summed E-state index contributed by atoms with van der Waals surface area (Å²) in [5.74, 6) is 0. The zero-order chi connectivity index (χ0) is 9.78. The second-order valence-corrected chi connectivity index (χ2v) is 4.26. The van der Waals surface area contributed by atoms with Crippen LogP contribution in [0.25, 0.3) is 0 Å². The molecule has 0 fully saturated rings. The number of allylic oxidation sites excluding steroid dienone is 2. The summed E-state index contributed by atoms with van der Waals surface area (Å²) in [6.45, 7) is 6.18. The Bertz CT molecular complexity index is 191. The second kappa shape index (κ2) is 4.54. The molecule has 1 atom stereocenters. The van der Waals surface area contributed by atoms with Gasteiger partial charge in [0.2, 0.25) is 0 Å². The lowest BCUT2D eigenvalue weighted by Gasteiger charge is -2.20. The molecule has 0 heterocycles. The molecule has 1 nitrogen and oxygen atoms in total. The van der Waals surface area contributed by atoms with E-state index in [0.717, 1.165) is 12.8 Å². The second-order valence-electron chi connectivity index (χ2n) is 4.26. The number of rotatable bonds is 4. The largest absolute Gasteiger partial charge is 0.312 e. The molecule has 0 aliphatic carbocycles. The van der Waals surface area contributed by atoms with Crippen molar-refractivity contribution in [3.05, 3.63) is 11.6 Å². The molecule has 66 valence electrons. The van der Waals surface area contributed by atoms with Gasteiger partial charge in [0.25, 0.3) is 0 Å². The van der Waals surface area contributed by atoms with Crippen molar-refractivity contribution >= 4 is 21.4 Å². The molecule has 0 saturated carbocycles. The first kappa shape index (κ1) is 11.5. The topological polar surface area (TPSA) is 17.1 Å². The minimum absolute atomic E-state index is 0.147. The van der Waals surface area contributed by atoms with Crippen LogP contribution < -0.4 is 0 Å². The van der Waals surface area contributed by atoms with Gasteiger partial charge in [0.15, 0.2) is 7.85 Å². The number of carbonyl (C=O) groups is 1. The van der Waals surface area contributed by atoms with E-state index in [1.165, 1.54) is 5.57 Å². The van der Waals surface area contributed by atoms with Gasteiger partial charge in [0, 0.05) is 0 Å². The van der Waals surface area contributed by atoms with Crippen LogP contribution in [0.1, 0.15) is 33.6 Å². The predicted octanol–water partition coefficient (Wildman–Crippen LogP) is 0.704. The zero-order valence-corrected chi connectivity index (χ0v) is 8.90. The summed E-state index contributed by atoms with van der Waals surface area (Å²) in [5.41, 5.74) is 1.61. The Labute approximate surface area is 77.4 Å². The average molecular weight is 164 g/mol. The molecule has 0 spiro atoms. The van der Waals surface area contributed by atoms with E-state index in [1.807, 2.05) is 14.8 Å². The minimum atomic E-state index is -0.147.